The van der Waals surface area contributed by atoms with E-state index in [1.54, 1.807) is 6.33 Å². The number of H-pyrrole nitrogens is 1. The van der Waals surface area contributed by atoms with E-state index in [1.807, 2.05) is 0 Å². The molecule has 102 valence electrons. The Morgan fingerprint density at radius 2 is 1.90 bits per heavy atom. The van der Waals surface area contributed by atoms with Crippen LogP contribution in [0.15, 0.2) is 24.5 Å². The summed E-state index contributed by atoms with van der Waals surface area (Å²) in [6.45, 7) is 4.34. The molecule has 0 aliphatic carbocycles. The molecule has 0 aliphatic rings. The minimum absolute atomic E-state index is 0.247. The smallest absolute Gasteiger partial charge is 0.222 e. The third-order valence-corrected chi connectivity index (χ3v) is 3.54. The summed E-state index contributed by atoms with van der Waals surface area (Å²) in [7, 11) is 0. The standard InChI is InChI=1S/C15H17N5/c1-3-9-5-6-11(7-10(9)4-2)12-13-14(18-8-17-13)20-15(16)19-12/h5-8H,3-4H2,1-2H3,(H3,16,17,18,19,20). The van der Waals surface area contributed by atoms with Crippen molar-refractivity contribution in [1.82, 2.24) is 19.9 Å². The predicted octanol–water partition coefficient (Wildman–Crippen LogP) is 2.73. The van der Waals surface area contributed by atoms with Crippen LogP contribution in [0.2, 0.25) is 0 Å². The highest BCUT2D eigenvalue weighted by Gasteiger charge is 2.12. The molecule has 2 aromatic heterocycles. The average Bonchev–Trinajstić information content (AvgIpc) is 2.93. The number of nitrogens with zero attached hydrogens (tertiary/aromatic N) is 3. The molecule has 5 nitrogen and oxygen atoms in total. The van der Waals surface area contributed by atoms with Crippen LogP contribution in [0.5, 0.6) is 0 Å². The Labute approximate surface area is 117 Å². The molecular weight excluding hydrogens is 250 g/mol. The second-order valence-electron chi connectivity index (χ2n) is 4.72. The third kappa shape index (κ3) is 2.01. The SMILES string of the molecule is CCc1ccc(-c2nc(N)nc3nc[nH]c23)cc1CC. The summed E-state index contributed by atoms with van der Waals surface area (Å²) in [6, 6.07) is 6.43. The number of anilines is 1. The summed E-state index contributed by atoms with van der Waals surface area (Å²) in [5, 5.41) is 0. The molecule has 0 amide bonds. The van der Waals surface area contributed by atoms with Crippen LogP contribution in [-0.4, -0.2) is 19.9 Å². The van der Waals surface area contributed by atoms with Gasteiger partial charge in [0, 0.05) is 5.56 Å². The van der Waals surface area contributed by atoms with E-state index in [9.17, 15) is 0 Å². The maximum Gasteiger partial charge on any atom is 0.222 e. The van der Waals surface area contributed by atoms with Crippen LogP contribution in [0.1, 0.15) is 25.0 Å². The van der Waals surface area contributed by atoms with Crippen molar-refractivity contribution < 1.29 is 0 Å². The number of benzene rings is 1. The highest BCUT2D eigenvalue weighted by molar-refractivity contribution is 5.88. The summed E-state index contributed by atoms with van der Waals surface area (Å²) in [6.07, 6.45) is 3.65. The minimum Gasteiger partial charge on any atom is -0.368 e. The van der Waals surface area contributed by atoms with E-state index >= 15 is 0 Å². The van der Waals surface area contributed by atoms with Gasteiger partial charge in [0.2, 0.25) is 5.95 Å². The first kappa shape index (κ1) is 12.6. The lowest BCUT2D eigenvalue weighted by atomic mass is 9.98. The van der Waals surface area contributed by atoms with Crippen molar-refractivity contribution >= 4 is 17.1 Å². The fourth-order valence-corrected chi connectivity index (χ4v) is 2.51. The number of rotatable bonds is 3. The van der Waals surface area contributed by atoms with E-state index in [2.05, 4.69) is 52.0 Å². The molecule has 2 heterocycles. The van der Waals surface area contributed by atoms with Gasteiger partial charge in [-0.25, -0.2) is 9.97 Å². The fourth-order valence-electron chi connectivity index (χ4n) is 2.51. The Balaban J connectivity index is 2.22. The molecule has 0 saturated heterocycles. The van der Waals surface area contributed by atoms with Crippen molar-refractivity contribution in [3.63, 3.8) is 0 Å². The maximum absolute atomic E-state index is 5.77. The Hall–Kier alpha value is -2.43. The van der Waals surface area contributed by atoms with Crippen LogP contribution >= 0.6 is 0 Å². The lowest BCUT2D eigenvalue weighted by molar-refractivity contribution is 1.04. The van der Waals surface area contributed by atoms with Crippen molar-refractivity contribution in [3.8, 4) is 11.3 Å². The zero-order valence-corrected chi connectivity index (χ0v) is 11.6. The zero-order chi connectivity index (χ0) is 14.1. The molecule has 3 N–H and O–H groups in total. The molecule has 20 heavy (non-hydrogen) atoms. The van der Waals surface area contributed by atoms with Gasteiger partial charge in [-0.05, 0) is 30.0 Å². The first-order valence-electron chi connectivity index (χ1n) is 6.81. The van der Waals surface area contributed by atoms with Gasteiger partial charge >= 0.3 is 0 Å². The summed E-state index contributed by atoms with van der Waals surface area (Å²) < 4.78 is 0. The van der Waals surface area contributed by atoms with Gasteiger partial charge in [-0.3, -0.25) is 0 Å². The number of nitrogens with one attached hydrogen (secondary N) is 1. The van der Waals surface area contributed by atoms with Gasteiger partial charge in [-0.2, -0.15) is 4.98 Å². The molecule has 1 aromatic carbocycles. The largest absolute Gasteiger partial charge is 0.368 e. The van der Waals surface area contributed by atoms with Crippen molar-refractivity contribution in [2.24, 2.45) is 0 Å². The van der Waals surface area contributed by atoms with Crippen LogP contribution in [0.4, 0.5) is 5.95 Å². The second kappa shape index (κ2) is 4.92. The van der Waals surface area contributed by atoms with Gasteiger partial charge in [0.25, 0.3) is 0 Å². The minimum atomic E-state index is 0.247. The highest BCUT2D eigenvalue weighted by atomic mass is 15.1. The summed E-state index contributed by atoms with van der Waals surface area (Å²) >= 11 is 0. The van der Waals surface area contributed by atoms with Crippen molar-refractivity contribution in [2.75, 3.05) is 5.73 Å². The lowest BCUT2D eigenvalue weighted by Gasteiger charge is -2.09. The number of aromatic nitrogens is 4. The normalized spacial score (nSPS) is 11.1. The van der Waals surface area contributed by atoms with Gasteiger partial charge in [0.05, 0.1) is 6.33 Å². The van der Waals surface area contributed by atoms with Crippen LogP contribution in [0.3, 0.4) is 0 Å². The van der Waals surface area contributed by atoms with E-state index in [4.69, 9.17) is 5.73 Å². The molecule has 0 bridgehead atoms. The molecule has 0 radical (unpaired) electrons. The summed E-state index contributed by atoms with van der Waals surface area (Å²) in [5.41, 5.74) is 11.8. The van der Waals surface area contributed by atoms with Crippen LogP contribution < -0.4 is 5.73 Å². The first-order valence-corrected chi connectivity index (χ1v) is 6.81. The highest BCUT2D eigenvalue weighted by Crippen LogP contribution is 2.27. The van der Waals surface area contributed by atoms with E-state index in [0.717, 1.165) is 29.6 Å². The molecule has 3 rings (SSSR count). The molecule has 0 atom stereocenters. The topological polar surface area (TPSA) is 80.5 Å². The van der Waals surface area contributed by atoms with E-state index in [1.165, 1.54) is 11.1 Å². The molecule has 0 aliphatic heterocycles. The molecule has 0 saturated carbocycles. The number of nitrogens with two attached hydrogens (primary N) is 1. The number of hydrogen-bond donors (Lipinski definition) is 2. The Kier molecular flexibility index (Phi) is 3.10. The van der Waals surface area contributed by atoms with Crippen molar-refractivity contribution in [1.29, 1.82) is 0 Å². The number of nitrogen functional groups attached to an aromatic ring is 1. The monoisotopic (exact) mass is 267 g/mol. The molecule has 3 aromatic rings. The van der Waals surface area contributed by atoms with Gasteiger partial charge in [-0.1, -0.05) is 26.0 Å². The number of imidazole rings is 1. The number of fused-ring (bicyclic) bond motifs is 1. The van der Waals surface area contributed by atoms with Crippen molar-refractivity contribution in [3.05, 3.63) is 35.7 Å². The average molecular weight is 267 g/mol. The predicted molar refractivity (Wildman–Crippen MR) is 80.3 cm³/mol. The van der Waals surface area contributed by atoms with Crippen LogP contribution in [-0.2, 0) is 12.8 Å². The van der Waals surface area contributed by atoms with Gasteiger partial charge in [0.15, 0.2) is 5.65 Å². The number of hydrogen-bond acceptors (Lipinski definition) is 4. The quantitative estimate of drug-likeness (QED) is 0.764. The van der Waals surface area contributed by atoms with E-state index in [-0.39, 0.29) is 5.95 Å². The van der Waals surface area contributed by atoms with Crippen LogP contribution in [0.25, 0.3) is 22.4 Å². The summed E-state index contributed by atoms with van der Waals surface area (Å²) in [5.74, 6) is 0.247. The van der Waals surface area contributed by atoms with E-state index < -0.39 is 0 Å². The molecule has 0 fully saturated rings. The Morgan fingerprint density at radius 3 is 2.65 bits per heavy atom. The number of aryl methyl sites for hydroxylation is 2. The third-order valence-electron chi connectivity index (χ3n) is 3.54. The molecule has 0 unspecified atom stereocenters. The molecule has 5 heteroatoms. The van der Waals surface area contributed by atoms with Gasteiger partial charge in [0.1, 0.15) is 11.2 Å². The molecule has 0 spiro atoms. The van der Waals surface area contributed by atoms with Crippen LogP contribution in [0, 0.1) is 0 Å². The zero-order valence-electron chi connectivity index (χ0n) is 11.6. The number of aromatic amines is 1. The fraction of sp³-hybridized carbons (Fsp3) is 0.267. The first-order chi connectivity index (χ1) is 9.72. The van der Waals surface area contributed by atoms with Crippen molar-refractivity contribution in [2.45, 2.75) is 26.7 Å². The van der Waals surface area contributed by atoms with Gasteiger partial charge in [-0.15, -0.1) is 0 Å². The lowest BCUT2D eigenvalue weighted by Crippen LogP contribution is -1.99. The summed E-state index contributed by atoms with van der Waals surface area (Å²) in [4.78, 5) is 15.7. The Bertz CT molecular complexity index is 760. The van der Waals surface area contributed by atoms with E-state index in [0.29, 0.717) is 5.65 Å². The Morgan fingerprint density at radius 1 is 1.10 bits per heavy atom. The molecular formula is C15H17N5. The maximum atomic E-state index is 5.77. The second-order valence-corrected chi connectivity index (χ2v) is 4.72. The van der Waals surface area contributed by atoms with Gasteiger partial charge < -0.3 is 10.7 Å².